The van der Waals surface area contributed by atoms with Gasteiger partial charge in [0.2, 0.25) is 10.0 Å². The van der Waals surface area contributed by atoms with E-state index in [4.69, 9.17) is 11.6 Å². The van der Waals surface area contributed by atoms with Crippen molar-refractivity contribution in [1.29, 1.82) is 0 Å². The molecule has 0 fully saturated rings. The van der Waals surface area contributed by atoms with Gasteiger partial charge in [-0.1, -0.05) is 11.6 Å². The van der Waals surface area contributed by atoms with E-state index >= 15 is 0 Å². The van der Waals surface area contributed by atoms with E-state index in [-0.39, 0.29) is 6.07 Å². The normalized spacial score (nSPS) is 12.4. The van der Waals surface area contributed by atoms with Crippen LogP contribution in [0.1, 0.15) is 6.92 Å². The van der Waals surface area contributed by atoms with Crippen LogP contribution >= 0.6 is 11.6 Å². The van der Waals surface area contributed by atoms with Gasteiger partial charge in [0.25, 0.3) is 10.0 Å². The monoisotopic (exact) mass is 449 g/mol. The molecule has 0 spiro atoms. The summed E-state index contributed by atoms with van der Waals surface area (Å²) in [6.45, 7) is 1.13. The van der Waals surface area contributed by atoms with Crippen LogP contribution in [0.3, 0.4) is 0 Å². The number of sulfonamides is 2. The van der Waals surface area contributed by atoms with E-state index in [1.807, 2.05) is 0 Å². The highest BCUT2D eigenvalue weighted by Crippen LogP contribution is 2.35. The lowest BCUT2D eigenvalue weighted by molar-refractivity contribution is 0.436. The molecule has 148 valence electrons. The van der Waals surface area contributed by atoms with Gasteiger partial charge in [0, 0.05) is 11.6 Å². The van der Waals surface area contributed by atoms with E-state index in [1.165, 1.54) is 4.13 Å². The molecule has 0 aliphatic carbocycles. The van der Waals surface area contributed by atoms with Crippen LogP contribution in [0.25, 0.3) is 11.1 Å². The van der Waals surface area contributed by atoms with Crippen LogP contribution in [-0.2, 0) is 20.0 Å². The highest BCUT2D eigenvalue weighted by Gasteiger charge is 2.28. The van der Waals surface area contributed by atoms with Crippen molar-refractivity contribution in [2.45, 2.75) is 11.8 Å². The third-order valence-electron chi connectivity index (χ3n) is 3.31. The van der Waals surface area contributed by atoms with Gasteiger partial charge in [-0.15, -0.1) is 4.13 Å². The largest absolute Gasteiger partial charge is 0.255 e. The second kappa shape index (κ2) is 7.34. The summed E-state index contributed by atoms with van der Waals surface area (Å²) in [5.74, 6) is -9.91. The number of rotatable bonds is 5. The zero-order chi connectivity index (χ0) is 20.7. The van der Waals surface area contributed by atoms with Gasteiger partial charge in [-0.2, -0.15) is 0 Å². The van der Waals surface area contributed by atoms with E-state index in [2.05, 4.69) is 0 Å². The Hall–Kier alpha value is -1.76. The van der Waals surface area contributed by atoms with Crippen LogP contribution in [-0.4, -0.2) is 22.6 Å². The van der Waals surface area contributed by atoms with Crippen molar-refractivity contribution in [1.82, 2.24) is 4.13 Å². The zero-order valence-corrected chi connectivity index (χ0v) is 15.5. The summed E-state index contributed by atoms with van der Waals surface area (Å²) in [6.07, 6.45) is 0. The van der Waals surface area contributed by atoms with Gasteiger partial charge in [0.1, 0.15) is 16.5 Å². The predicted molar refractivity (Wildman–Crippen MR) is 86.5 cm³/mol. The topological polar surface area (TPSA) is 80.3 Å². The summed E-state index contributed by atoms with van der Waals surface area (Å²) in [6, 6.07) is 0.587. The SMILES string of the molecule is CCS(=O)(=O)NS(=O)(=O)c1cc(-c2c(F)cc(F)c(F)c2F)c(F)cc1Cl. The molecule has 0 amide bonds. The van der Waals surface area contributed by atoms with Crippen molar-refractivity contribution in [3.63, 3.8) is 0 Å². The molecule has 0 heterocycles. The first kappa shape index (κ1) is 21.5. The first-order chi connectivity index (χ1) is 12.3. The second-order valence-electron chi connectivity index (χ2n) is 5.10. The second-order valence-corrected chi connectivity index (χ2v) is 9.42. The third kappa shape index (κ3) is 4.23. The van der Waals surface area contributed by atoms with E-state index in [0.717, 1.165) is 6.92 Å². The highest BCUT2D eigenvalue weighted by atomic mass is 35.5. The Balaban J connectivity index is 2.78. The molecule has 0 saturated carbocycles. The fraction of sp³-hybridized carbons (Fsp3) is 0.143. The Kier molecular flexibility index (Phi) is 5.85. The lowest BCUT2D eigenvalue weighted by atomic mass is 10.0. The Morgan fingerprint density at radius 1 is 0.889 bits per heavy atom. The molecule has 0 atom stereocenters. The van der Waals surface area contributed by atoms with Crippen LogP contribution in [0.15, 0.2) is 23.1 Å². The van der Waals surface area contributed by atoms with Crippen molar-refractivity contribution >= 4 is 31.6 Å². The van der Waals surface area contributed by atoms with Crippen LogP contribution in [0.2, 0.25) is 5.02 Å². The average Bonchev–Trinajstić information content (AvgIpc) is 2.53. The number of hydrogen-bond donors (Lipinski definition) is 1. The molecular weight excluding hydrogens is 441 g/mol. The molecule has 2 rings (SSSR count). The van der Waals surface area contributed by atoms with E-state index < -0.39 is 75.9 Å². The minimum Gasteiger partial charge on any atom is -0.211 e. The molecule has 0 bridgehead atoms. The molecule has 27 heavy (non-hydrogen) atoms. The molecule has 13 heteroatoms. The molecule has 0 aliphatic heterocycles. The van der Waals surface area contributed by atoms with Gasteiger partial charge in [-0.3, -0.25) is 0 Å². The fourth-order valence-electron chi connectivity index (χ4n) is 2.01. The quantitative estimate of drug-likeness (QED) is 0.431. The predicted octanol–water partition coefficient (Wildman–Crippen LogP) is 3.33. The highest BCUT2D eigenvalue weighted by molar-refractivity contribution is 8.04. The molecule has 0 aliphatic rings. The van der Waals surface area contributed by atoms with Gasteiger partial charge in [0.15, 0.2) is 17.5 Å². The molecular formula is C14H9ClF5NO4S2. The first-order valence-corrected chi connectivity index (χ1v) is 10.4. The summed E-state index contributed by atoms with van der Waals surface area (Å²) in [4.78, 5) is -1.04. The minimum absolute atomic E-state index is 0.0598. The lowest BCUT2D eigenvalue weighted by Gasteiger charge is -2.13. The summed E-state index contributed by atoms with van der Waals surface area (Å²) < 4.78 is 117. The first-order valence-electron chi connectivity index (χ1n) is 6.89. The molecule has 0 saturated heterocycles. The lowest BCUT2D eigenvalue weighted by Crippen LogP contribution is -2.32. The molecule has 0 radical (unpaired) electrons. The molecule has 2 aromatic rings. The smallest absolute Gasteiger partial charge is 0.211 e. The summed E-state index contributed by atoms with van der Waals surface area (Å²) in [5.41, 5.74) is -2.50. The maximum absolute atomic E-state index is 14.1. The van der Waals surface area contributed by atoms with Gasteiger partial charge in [0.05, 0.1) is 16.3 Å². The molecule has 0 aromatic heterocycles. The summed E-state index contributed by atoms with van der Waals surface area (Å²) >= 11 is 5.61. The maximum atomic E-state index is 14.1. The van der Waals surface area contributed by atoms with Crippen molar-refractivity contribution < 1.29 is 38.8 Å². The van der Waals surface area contributed by atoms with Crippen molar-refractivity contribution in [2.24, 2.45) is 0 Å². The zero-order valence-electron chi connectivity index (χ0n) is 13.2. The van der Waals surface area contributed by atoms with Gasteiger partial charge < -0.3 is 0 Å². The molecule has 0 unspecified atom stereocenters. The maximum Gasteiger partial charge on any atom is 0.255 e. The van der Waals surface area contributed by atoms with Crippen LogP contribution in [0.5, 0.6) is 0 Å². The standard InChI is InChI=1S/C14H9ClF5NO4S2/c1-2-26(22,23)21-27(24,25)11-3-6(8(16)4-7(11)15)12-9(17)5-10(18)13(19)14(12)20/h3-5,21H,2H2,1H3. The molecule has 1 N–H and O–H groups in total. The van der Waals surface area contributed by atoms with Crippen molar-refractivity contribution in [3.8, 4) is 11.1 Å². The minimum atomic E-state index is -4.90. The molecule has 5 nitrogen and oxygen atoms in total. The van der Waals surface area contributed by atoms with E-state index in [0.29, 0.717) is 12.1 Å². The van der Waals surface area contributed by atoms with Crippen molar-refractivity contribution in [3.05, 3.63) is 52.3 Å². The van der Waals surface area contributed by atoms with Gasteiger partial charge >= 0.3 is 0 Å². The number of benzene rings is 2. The number of hydrogen-bond acceptors (Lipinski definition) is 4. The van der Waals surface area contributed by atoms with Gasteiger partial charge in [-0.05, 0) is 19.1 Å². The molecule has 2 aromatic carbocycles. The number of nitrogens with one attached hydrogen (secondary N) is 1. The fourth-order valence-corrected chi connectivity index (χ4v) is 5.22. The Labute approximate surface area is 155 Å². The van der Waals surface area contributed by atoms with E-state index in [1.54, 1.807) is 0 Å². The Morgan fingerprint density at radius 3 is 2.04 bits per heavy atom. The average molecular weight is 450 g/mol. The van der Waals surface area contributed by atoms with Crippen LogP contribution in [0.4, 0.5) is 22.0 Å². The third-order valence-corrected chi connectivity index (χ3v) is 7.31. The summed E-state index contributed by atoms with van der Waals surface area (Å²) in [7, 11) is -9.21. The van der Waals surface area contributed by atoms with Crippen molar-refractivity contribution in [2.75, 3.05) is 5.75 Å². The Morgan fingerprint density at radius 2 is 1.48 bits per heavy atom. The van der Waals surface area contributed by atoms with E-state index in [9.17, 15) is 38.8 Å². The van der Waals surface area contributed by atoms with Crippen LogP contribution < -0.4 is 4.13 Å². The summed E-state index contributed by atoms with van der Waals surface area (Å²) in [5, 5.41) is -0.807. The number of halogens is 6. The van der Waals surface area contributed by atoms with Crippen LogP contribution in [0, 0.1) is 29.1 Å². The van der Waals surface area contributed by atoms with Gasteiger partial charge in [-0.25, -0.2) is 38.8 Å². The Bertz CT molecular complexity index is 1140.